The van der Waals surface area contributed by atoms with Crippen LogP contribution in [0.15, 0.2) is 24.5 Å². The van der Waals surface area contributed by atoms with Crippen LogP contribution in [0.4, 0.5) is 0 Å². The second-order valence-corrected chi connectivity index (χ2v) is 9.93. The minimum absolute atomic E-state index is 0.569. The van der Waals surface area contributed by atoms with E-state index in [1.54, 1.807) is 0 Å². The van der Waals surface area contributed by atoms with Gasteiger partial charge in [0.1, 0.15) is 0 Å². The molecule has 0 amide bonds. The van der Waals surface area contributed by atoms with E-state index in [4.69, 9.17) is 0 Å². The molecule has 2 heterocycles. The highest BCUT2D eigenvalue weighted by atomic mass is 15.0. The molecule has 0 N–H and O–H groups in total. The zero-order chi connectivity index (χ0) is 21.8. The lowest BCUT2D eigenvalue weighted by atomic mass is 9.97. The smallest absolute Gasteiger partial charge is 0.0277 e. The SMILES string of the molecule is CC(C)c1ccn(C(C)C)c1C(C)C.CC(C)c1ccn(C(C)C)c1C(C)C. The Balaban J connectivity index is 0.000000280. The Labute approximate surface area is 175 Å². The molecule has 0 atom stereocenters. The summed E-state index contributed by atoms with van der Waals surface area (Å²) in [6.07, 6.45) is 4.46. The van der Waals surface area contributed by atoms with Crippen molar-refractivity contribution in [2.24, 2.45) is 0 Å². The molecular formula is C26H46N2. The highest BCUT2D eigenvalue weighted by Crippen LogP contribution is 2.30. The standard InChI is InChI=1S/2C13H23N/c2*1-9(2)12-7-8-14(11(5)6)13(12)10(3)4/h2*7-11H,1-6H3. The Hall–Kier alpha value is -1.44. The van der Waals surface area contributed by atoms with Gasteiger partial charge in [0.25, 0.3) is 0 Å². The Morgan fingerprint density at radius 1 is 0.464 bits per heavy atom. The minimum Gasteiger partial charge on any atom is -0.348 e. The van der Waals surface area contributed by atoms with Crippen molar-refractivity contribution in [2.45, 2.75) is 119 Å². The van der Waals surface area contributed by atoms with E-state index in [2.05, 4.69) is 117 Å². The molecule has 28 heavy (non-hydrogen) atoms. The molecular weight excluding hydrogens is 340 g/mol. The maximum Gasteiger partial charge on any atom is 0.0277 e. The average Bonchev–Trinajstić information content (AvgIpc) is 3.20. The maximum atomic E-state index is 2.40. The quantitative estimate of drug-likeness (QED) is 0.470. The van der Waals surface area contributed by atoms with E-state index in [9.17, 15) is 0 Å². The summed E-state index contributed by atoms with van der Waals surface area (Å²) in [6.45, 7) is 27.2. The summed E-state index contributed by atoms with van der Waals surface area (Å²) in [4.78, 5) is 0. The van der Waals surface area contributed by atoms with Gasteiger partial charge in [0, 0.05) is 35.9 Å². The van der Waals surface area contributed by atoms with Crippen LogP contribution in [0.25, 0.3) is 0 Å². The summed E-state index contributed by atoms with van der Waals surface area (Å²) < 4.78 is 4.81. The molecule has 2 heteroatoms. The summed E-state index contributed by atoms with van der Waals surface area (Å²) in [6, 6.07) is 5.69. The van der Waals surface area contributed by atoms with Crippen LogP contribution < -0.4 is 0 Å². The van der Waals surface area contributed by atoms with Crippen molar-refractivity contribution in [2.75, 3.05) is 0 Å². The first-order valence-electron chi connectivity index (χ1n) is 11.3. The molecule has 160 valence electrons. The zero-order valence-corrected chi connectivity index (χ0v) is 20.7. The van der Waals surface area contributed by atoms with Gasteiger partial charge in [0.15, 0.2) is 0 Å². The van der Waals surface area contributed by atoms with E-state index in [1.807, 2.05) is 0 Å². The van der Waals surface area contributed by atoms with E-state index in [0.29, 0.717) is 35.8 Å². The van der Waals surface area contributed by atoms with Crippen LogP contribution in [-0.2, 0) is 0 Å². The van der Waals surface area contributed by atoms with Crippen molar-refractivity contribution >= 4 is 0 Å². The molecule has 0 unspecified atom stereocenters. The first-order valence-corrected chi connectivity index (χ1v) is 11.3. The van der Waals surface area contributed by atoms with Crippen LogP contribution in [0, 0.1) is 0 Å². The van der Waals surface area contributed by atoms with Gasteiger partial charge in [-0.05, 0) is 74.6 Å². The lowest BCUT2D eigenvalue weighted by molar-refractivity contribution is 0.554. The predicted molar refractivity (Wildman–Crippen MR) is 126 cm³/mol. The fourth-order valence-corrected chi connectivity index (χ4v) is 4.09. The van der Waals surface area contributed by atoms with Gasteiger partial charge in [0.05, 0.1) is 0 Å². The van der Waals surface area contributed by atoms with E-state index in [1.165, 1.54) is 22.5 Å². The fraction of sp³-hybridized carbons (Fsp3) is 0.692. The molecule has 0 bridgehead atoms. The van der Waals surface area contributed by atoms with Crippen LogP contribution in [-0.4, -0.2) is 9.13 Å². The van der Waals surface area contributed by atoms with Gasteiger partial charge in [-0.3, -0.25) is 0 Å². The van der Waals surface area contributed by atoms with Crippen LogP contribution >= 0.6 is 0 Å². The molecule has 2 nitrogen and oxygen atoms in total. The molecule has 0 aliphatic rings. The number of nitrogens with zero attached hydrogens (tertiary/aromatic N) is 2. The third kappa shape index (κ3) is 5.78. The first kappa shape index (κ1) is 24.6. The van der Waals surface area contributed by atoms with Gasteiger partial charge in [-0.25, -0.2) is 0 Å². The Morgan fingerprint density at radius 2 is 0.750 bits per heavy atom. The van der Waals surface area contributed by atoms with Crippen LogP contribution in [0.2, 0.25) is 0 Å². The van der Waals surface area contributed by atoms with Crippen molar-refractivity contribution in [3.8, 4) is 0 Å². The average molecular weight is 387 g/mol. The number of aromatic nitrogens is 2. The first-order chi connectivity index (χ1) is 12.9. The van der Waals surface area contributed by atoms with Crippen LogP contribution in [0.3, 0.4) is 0 Å². The van der Waals surface area contributed by atoms with E-state index in [0.717, 1.165) is 0 Å². The molecule has 2 rings (SSSR count). The molecule has 0 aliphatic heterocycles. The normalized spacial score (nSPS) is 12.1. The van der Waals surface area contributed by atoms with Gasteiger partial charge in [-0.2, -0.15) is 0 Å². The van der Waals surface area contributed by atoms with Crippen molar-refractivity contribution in [1.29, 1.82) is 0 Å². The molecule has 2 aromatic rings. The third-order valence-corrected chi connectivity index (χ3v) is 5.43. The predicted octanol–water partition coefficient (Wildman–Crippen LogP) is 8.63. The van der Waals surface area contributed by atoms with Gasteiger partial charge >= 0.3 is 0 Å². The summed E-state index contributed by atoms with van der Waals surface area (Å²) in [5.41, 5.74) is 6.03. The minimum atomic E-state index is 0.569. The molecule has 0 saturated carbocycles. The molecule has 0 spiro atoms. The van der Waals surface area contributed by atoms with Crippen LogP contribution in [0.1, 0.15) is 141 Å². The molecule has 2 aromatic heterocycles. The summed E-state index contributed by atoms with van der Waals surface area (Å²) >= 11 is 0. The molecule has 0 saturated heterocycles. The maximum absolute atomic E-state index is 2.40. The topological polar surface area (TPSA) is 9.86 Å². The van der Waals surface area contributed by atoms with Crippen molar-refractivity contribution in [1.82, 2.24) is 9.13 Å². The second kappa shape index (κ2) is 10.4. The third-order valence-electron chi connectivity index (χ3n) is 5.43. The van der Waals surface area contributed by atoms with Gasteiger partial charge < -0.3 is 9.13 Å². The second-order valence-electron chi connectivity index (χ2n) is 9.93. The fourth-order valence-electron chi connectivity index (χ4n) is 4.09. The molecule has 0 fully saturated rings. The Bertz CT molecular complexity index is 596. The Morgan fingerprint density at radius 3 is 0.929 bits per heavy atom. The number of hydrogen-bond donors (Lipinski definition) is 0. The van der Waals surface area contributed by atoms with E-state index >= 15 is 0 Å². The van der Waals surface area contributed by atoms with E-state index in [-0.39, 0.29) is 0 Å². The zero-order valence-electron chi connectivity index (χ0n) is 20.7. The summed E-state index contributed by atoms with van der Waals surface area (Å²) in [7, 11) is 0. The van der Waals surface area contributed by atoms with Crippen LogP contribution in [0.5, 0.6) is 0 Å². The van der Waals surface area contributed by atoms with Crippen molar-refractivity contribution < 1.29 is 0 Å². The molecule has 0 aromatic carbocycles. The van der Waals surface area contributed by atoms with Crippen molar-refractivity contribution in [3.63, 3.8) is 0 Å². The summed E-state index contributed by atoms with van der Waals surface area (Å²) in [5.74, 6) is 2.49. The highest BCUT2D eigenvalue weighted by Gasteiger charge is 2.17. The number of hydrogen-bond acceptors (Lipinski definition) is 0. The Kier molecular flexibility index (Phi) is 9.11. The largest absolute Gasteiger partial charge is 0.348 e. The van der Waals surface area contributed by atoms with Gasteiger partial charge in [0.2, 0.25) is 0 Å². The van der Waals surface area contributed by atoms with Crippen molar-refractivity contribution in [3.05, 3.63) is 47.0 Å². The highest BCUT2D eigenvalue weighted by molar-refractivity contribution is 5.29. The molecule has 0 aliphatic carbocycles. The lowest BCUT2D eigenvalue weighted by Crippen LogP contribution is -2.08. The molecule has 0 radical (unpaired) electrons. The monoisotopic (exact) mass is 386 g/mol. The van der Waals surface area contributed by atoms with Gasteiger partial charge in [-0.15, -0.1) is 0 Å². The number of rotatable bonds is 6. The van der Waals surface area contributed by atoms with E-state index < -0.39 is 0 Å². The lowest BCUT2D eigenvalue weighted by Gasteiger charge is -2.18. The summed E-state index contributed by atoms with van der Waals surface area (Å²) in [5, 5.41) is 0. The van der Waals surface area contributed by atoms with Gasteiger partial charge in [-0.1, -0.05) is 55.4 Å².